The zero-order valence-corrected chi connectivity index (χ0v) is 77.9. The molecule has 0 radical (unpaired) electrons. The van der Waals surface area contributed by atoms with Gasteiger partial charge in [0, 0.05) is 75.9 Å². The second kappa shape index (κ2) is 27.3. The zero-order valence-electron chi connectivity index (χ0n) is 76.2. The Morgan fingerprint density at radius 3 is 1.18 bits per heavy atom. The molecule has 0 atom stereocenters. The third-order valence-electron chi connectivity index (χ3n) is 28.6. The fraction of sp³-hybridized carbons (Fsp3) is 0.339. The summed E-state index contributed by atoms with van der Waals surface area (Å²) in [5.41, 5.74) is 46.1. The van der Waals surface area contributed by atoms with Gasteiger partial charge in [-0.3, -0.25) is 0 Å². The fourth-order valence-electron chi connectivity index (χ4n) is 21.7. The first-order valence-corrected chi connectivity index (χ1v) is 46.0. The fourth-order valence-corrected chi connectivity index (χ4v) is 25.1. The Morgan fingerprint density at radius 1 is 0.300 bits per heavy atom. The van der Waals surface area contributed by atoms with Gasteiger partial charge in [-0.05, 0) is 311 Å². The van der Waals surface area contributed by atoms with Crippen molar-refractivity contribution in [3.63, 3.8) is 0 Å². The summed E-state index contributed by atoms with van der Waals surface area (Å²) in [5.74, 6) is 0. The Bertz CT molecular complexity index is 6410. The van der Waals surface area contributed by atoms with Gasteiger partial charge in [0.05, 0.1) is 22.7 Å². The van der Waals surface area contributed by atoms with Crippen LogP contribution in [0, 0.1) is 41.5 Å². The van der Waals surface area contributed by atoms with E-state index in [0.29, 0.717) is 0 Å². The highest BCUT2D eigenvalue weighted by Gasteiger charge is 2.54. The van der Waals surface area contributed by atoms with E-state index < -0.39 is 0 Å². The van der Waals surface area contributed by atoms with Gasteiger partial charge >= 0.3 is 0 Å². The molecule has 2 aromatic heterocycles. The monoisotopic (exact) mass is 1610 g/mol. The quantitative estimate of drug-likeness (QED) is 0.141. The van der Waals surface area contributed by atoms with E-state index in [1.807, 2.05) is 0 Å². The van der Waals surface area contributed by atoms with Gasteiger partial charge in [0.2, 0.25) is 0 Å². The molecule has 0 saturated carbocycles. The molecule has 0 N–H and O–H groups in total. The highest BCUT2D eigenvalue weighted by atomic mass is 32.1. The first-order chi connectivity index (χ1) is 56.5. The molecule has 0 amide bonds. The van der Waals surface area contributed by atoms with Crippen LogP contribution in [0.3, 0.4) is 0 Å². The Morgan fingerprint density at radius 2 is 0.700 bits per heavy atom. The molecule has 606 valence electrons. The number of aryl methyl sites for hydroxylation is 5. The number of para-hydroxylation sites is 1. The number of anilines is 12. The number of nitrogens with zero attached hydrogens (tertiary/aromatic N) is 4. The van der Waals surface area contributed by atoms with Gasteiger partial charge < -0.3 is 19.6 Å². The van der Waals surface area contributed by atoms with Crippen LogP contribution < -0.4 is 51.0 Å². The standard InChI is InChI=1S/C112H120B2N4S2/c1-65-56-88-95-90(58-65)117(97-68(4)32-30-33-69(97)5)86-50-39-74(61-84(86)113(95)103-99(93-101(119-103)111(23,24)54-52-109(93,19)20)115(88)79-45-40-75(41-46-79)105(7,8)9)92-67(3)38-49-81(70(92)6)72-36-31-37-73(60-72)83-63-78(108(16,17)18)62-82(71-34-28-27-29-35-71)98(83)118-87-51-44-77(107(13,14)15)64-85(87)114-96-89(57-66(2)59-91(96)118)116(80-47-42-76(43-48-80)106(10,11)12)100-94-102(120-104(100)114)112(25,26)55-53-110(94,21)22/h27-51,56-64H,52-55H2,1-26H3. The molecule has 19 rings (SSSR count). The van der Waals surface area contributed by atoms with Crippen molar-refractivity contribution >= 4 is 136 Å². The molecule has 13 aromatic rings. The van der Waals surface area contributed by atoms with Crippen molar-refractivity contribution in [2.75, 3.05) is 19.6 Å². The topological polar surface area (TPSA) is 13.0 Å². The molecule has 0 bridgehead atoms. The van der Waals surface area contributed by atoms with E-state index in [4.69, 9.17) is 0 Å². The summed E-state index contributed by atoms with van der Waals surface area (Å²) in [5, 5.41) is 0. The lowest BCUT2D eigenvalue weighted by molar-refractivity contribution is 0.339. The first-order valence-electron chi connectivity index (χ1n) is 44.4. The first kappa shape index (κ1) is 79.9. The molecule has 0 unspecified atom stereocenters. The maximum Gasteiger partial charge on any atom is 0.264 e. The van der Waals surface area contributed by atoms with E-state index in [1.54, 1.807) is 9.75 Å². The van der Waals surface area contributed by atoms with Gasteiger partial charge in [-0.1, -0.05) is 266 Å². The lowest BCUT2D eigenvalue weighted by Crippen LogP contribution is -2.61. The van der Waals surface area contributed by atoms with E-state index in [9.17, 15) is 0 Å². The highest BCUT2D eigenvalue weighted by molar-refractivity contribution is 7.30. The Hall–Kier alpha value is -9.85. The normalized spacial score (nSPS) is 16.4. The van der Waals surface area contributed by atoms with Gasteiger partial charge in [0.15, 0.2) is 0 Å². The second-order valence-electron chi connectivity index (χ2n) is 43.4. The van der Waals surface area contributed by atoms with E-state index in [-0.39, 0.29) is 56.7 Å². The molecule has 0 saturated heterocycles. The van der Waals surface area contributed by atoms with Gasteiger partial charge in [0.1, 0.15) is 0 Å². The molecule has 11 aromatic carbocycles. The van der Waals surface area contributed by atoms with Crippen LogP contribution in [-0.2, 0) is 43.3 Å². The van der Waals surface area contributed by atoms with Gasteiger partial charge in [0.25, 0.3) is 13.4 Å². The maximum absolute atomic E-state index is 2.76. The van der Waals surface area contributed by atoms with Crippen LogP contribution in [0.25, 0.3) is 44.5 Å². The van der Waals surface area contributed by atoms with Crippen LogP contribution in [0.2, 0.25) is 0 Å². The number of benzene rings is 11. The summed E-state index contributed by atoms with van der Waals surface area (Å²) in [7, 11) is 0. The Labute approximate surface area is 726 Å². The van der Waals surface area contributed by atoms with Crippen LogP contribution in [-0.4, -0.2) is 13.4 Å². The Kier molecular flexibility index (Phi) is 18.2. The minimum absolute atomic E-state index is 0.00146. The number of fused-ring (bicyclic) bond motifs is 12. The number of hydrogen-bond donors (Lipinski definition) is 0. The van der Waals surface area contributed by atoms with Gasteiger partial charge in [-0.25, -0.2) is 0 Å². The third kappa shape index (κ3) is 12.5. The minimum atomic E-state index is -0.203. The molecule has 2 aliphatic carbocycles. The molecule has 6 heterocycles. The largest absolute Gasteiger partial charge is 0.311 e. The molecular formula is C112H120B2N4S2. The van der Waals surface area contributed by atoms with Crippen molar-refractivity contribution in [3.8, 4) is 44.5 Å². The smallest absolute Gasteiger partial charge is 0.264 e. The lowest BCUT2D eigenvalue weighted by Gasteiger charge is -2.46. The summed E-state index contributed by atoms with van der Waals surface area (Å²) in [6.07, 6.45) is 4.56. The molecule has 4 nitrogen and oxygen atoms in total. The van der Waals surface area contributed by atoms with Crippen molar-refractivity contribution in [3.05, 3.63) is 283 Å². The van der Waals surface area contributed by atoms with Crippen molar-refractivity contribution in [2.45, 2.75) is 249 Å². The lowest BCUT2D eigenvalue weighted by atomic mass is 9.35. The number of rotatable bonds is 8. The van der Waals surface area contributed by atoms with E-state index in [1.165, 1.54) is 211 Å². The van der Waals surface area contributed by atoms with Gasteiger partial charge in [-0.15, -0.1) is 0 Å². The third-order valence-corrected chi connectivity index (χ3v) is 31.8. The predicted molar refractivity (Wildman–Crippen MR) is 526 cm³/mol. The number of thiophene rings is 2. The van der Waals surface area contributed by atoms with Crippen LogP contribution in [0.1, 0.15) is 241 Å². The molecule has 0 fully saturated rings. The summed E-state index contributed by atoms with van der Waals surface area (Å²) >= 11 is 4.24. The number of hydrogen-bond acceptors (Lipinski definition) is 6. The van der Waals surface area contributed by atoms with E-state index in [0.717, 1.165) is 25.7 Å². The molecular weight excluding hydrogens is 1490 g/mol. The predicted octanol–water partition coefficient (Wildman–Crippen LogP) is 28.4. The maximum atomic E-state index is 2.76. The molecule has 4 aliphatic heterocycles. The molecule has 8 heteroatoms. The molecule has 0 spiro atoms. The summed E-state index contributed by atoms with van der Waals surface area (Å²) in [6, 6.07) is 82.5. The van der Waals surface area contributed by atoms with Crippen LogP contribution in [0.5, 0.6) is 0 Å². The van der Waals surface area contributed by atoms with Crippen molar-refractivity contribution in [2.24, 2.45) is 0 Å². The Balaban J connectivity index is 0.831. The summed E-state index contributed by atoms with van der Waals surface area (Å²) in [6.45, 7) is 62.6. The van der Waals surface area contributed by atoms with Crippen molar-refractivity contribution in [1.82, 2.24) is 0 Å². The SMILES string of the molecule is Cc1cc2c3c(c1)N(c1c(C)cccc1C)c1ccc(-c4c(C)ccc(-c5cccc(-c6cc(C(C)(C)C)cc(-c7ccccc7)c6N6c7ccc(C(C)(C)C)cc7B7c8sc9c(c8N(c8ccc(C(C)(C)C)cc8)c8cc(C)cc6c87)C(C)(C)CCC9(C)C)c5)c4C)cc1B3c1sc3c(c1N2c1ccc(C(C)(C)C)cc1)C(C)(C)CCC3(C)C. The van der Waals surface area contributed by atoms with Crippen LogP contribution in [0.4, 0.5) is 68.2 Å². The van der Waals surface area contributed by atoms with Crippen molar-refractivity contribution in [1.29, 1.82) is 0 Å². The molecule has 120 heavy (non-hydrogen) atoms. The van der Waals surface area contributed by atoms with Crippen LogP contribution >= 0.6 is 22.7 Å². The summed E-state index contributed by atoms with van der Waals surface area (Å²) in [4.78, 5) is 14.0. The average Bonchev–Trinajstić information content (AvgIpc) is 1.35. The highest BCUT2D eigenvalue weighted by Crippen LogP contribution is 2.61. The van der Waals surface area contributed by atoms with Gasteiger partial charge in [-0.2, -0.15) is 22.7 Å². The second-order valence-corrected chi connectivity index (χ2v) is 45.5. The molecule has 6 aliphatic rings. The minimum Gasteiger partial charge on any atom is -0.311 e. The summed E-state index contributed by atoms with van der Waals surface area (Å²) < 4.78 is 2.92. The van der Waals surface area contributed by atoms with E-state index >= 15 is 0 Å². The average molecular weight is 1610 g/mol. The van der Waals surface area contributed by atoms with Crippen molar-refractivity contribution < 1.29 is 0 Å². The van der Waals surface area contributed by atoms with Crippen LogP contribution in [0.15, 0.2) is 206 Å². The zero-order chi connectivity index (χ0) is 84.8. The van der Waals surface area contributed by atoms with E-state index in [2.05, 4.69) is 429 Å².